The molecule has 0 aromatic heterocycles. The van der Waals surface area contributed by atoms with Crippen LogP contribution in [0.2, 0.25) is 5.02 Å². The zero-order valence-electron chi connectivity index (χ0n) is 15.5. The van der Waals surface area contributed by atoms with E-state index in [0.29, 0.717) is 40.1 Å². The van der Waals surface area contributed by atoms with E-state index in [1.165, 1.54) is 20.3 Å². The van der Waals surface area contributed by atoms with Crippen molar-refractivity contribution in [2.75, 3.05) is 26.1 Å². The standard InChI is InChI=1S/C21H19ClN2O4/c1-4-9-28-19-7-5-14(11-20(19)27-3)10-15(13-23)21(25)24-17-12-16(22)6-8-18(17)26-2/h4-8,10-12H,1,9H2,2-3H3,(H,24,25)/b15-10+. The van der Waals surface area contributed by atoms with E-state index in [0.717, 1.165) is 0 Å². The lowest BCUT2D eigenvalue weighted by Gasteiger charge is -2.11. The minimum absolute atomic E-state index is 0.0937. The molecular formula is C21H19ClN2O4. The number of nitrogens with one attached hydrogen (secondary N) is 1. The largest absolute Gasteiger partial charge is 0.495 e. The van der Waals surface area contributed by atoms with Gasteiger partial charge >= 0.3 is 0 Å². The average Bonchev–Trinajstić information content (AvgIpc) is 2.70. The van der Waals surface area contributed by atoms with Gasteiger partial charge in [-0.1, -0.05) is 30.3 Å². The number of benzene rings is 2. The quantitative estimate of drug-likeness (QED) is 0.403. The summed E-state index contributed by atoms with van der Waals surface area (Å²) in [5.41, 5.74) is 0.878. The number of amides is 1. The van der Waals surface area contributed by atoms with Gasteiger partial charge in [-0.25, -0.2) is 0 Å². The molecule has 0 heterocycles. The number of methoxy groups -OCH3 is 2. The monoisotopic (exact) mass is 398 g/mol. The van der Waals surface area contributed by atoms with Crippen molar-refractivity contribution >= 4 is 29.3 Å². The Morgan fingerprint density at radius 2 is 1.89 bits per heavy atom. The molecule has 28 heavy (non-hydrogen) atoms. The van der Waals surface area contributed by atoms with Crippen molar-refractivity contribution in [3.05, 3.63) is 65.2 Å². The first kappa shape index (κ1) is 20.9. The molecule has 2 aromatic carbocycles. The van der Waals surface area contributed by atoms with Crippen LogP contribution in [0.5, 0.6) is 17.2 Å². The molecule has 0 aliphatic heterocycles. The van der Waals surface area contributed by atoms with Gasteiger partial charge in [0.1, 0.15) is 24.0 Å². The minimum atomic E-state index is -0.589. The fourth-order valence-corrected chi connectivity index (χ4v) is 2.50. The third-order valence-corrected chi connectivity index (χ3v) is 3.87. The summed E-state index contributed by atoms with van der Waals surface area (Å²) in [6, 6.07) is 11.8. The number of nitriles is 1. The molecule has 0 spiro atoms. The summed E-state index contributed by atoms with van der Waals surface area (Å²) in [6.07, 6.45) is 3.07. The van der Waals surface area contributed by atoms with Crippen molar-refractivity contribution in [3.63, 3.8) is 0 Å². The van der Waals surface area contributed by atoms with Crippen LogP contribution in [0.15, 0.2) is 54.6 Å². The third-order valence-electron chi connectivity index (χ3n) is 3.63. The zero-order chi connectivity index (χ0) is 20.5. The van der Waals surface area contributed by atoms with Gasteiger partial charge in [-0.05, 0) is 42.0 Å². The van der Waals surface area contributed by atoms with Crippen molar-refractivity contribution in [3.8, 4) is 23.3 Å². The lowest BCUT2D eigenvalue weighted by atomic mass is 10.1. The molecule has 0 bridgehead atoms. The van der Waals surface area contributed by atoms with Crippen LogP contribution in [0.1, 0.15) is 5.56 Å². The van der Waals surface area contributed by atoms with Gasteiger partial charge in [-0.3, -0.25) is 4.79 Å². The van der Waals surface area contributed by atoms with E-state index in [1.54, 1.807) is 42.5 Å². The Morgan fingerprint density at radius 3 is 2.54 bits per heavy atom. The van der Waals surface area contributed by atoms with Crippen LogP contribution in [0.3, 0.4) is 0 Å². The highest BCUT2D eigenvalue weighted by Gasteiger charge is 2.14. The number of nitrogens with zero attached hydrogens (tertiary/aromatic N) is 1. The van der Waals surface area contributed by atoms with Crippen LogP contribution in [-0.2, 0) is 4.79 Å². The highest BCUT2D eigenvalue weighted by Crippen LogP contribution is 2.30. The van der Waals surface area contributed by atoms with Gasteiger partial charge in [-0.2, -0.15) is 5.26 Å². The number of anilines is 1. The van der Waals surface area contributed by atoms with Crippen LogP contribution in [0.4, 0.5) is 5.69 Å². The molecule has 2 aromatic rings. The maximum Gasteiger partial charge on any atom is 0.266 e. The van der Waals surface area contributed by atoms with Crippen molar-refractivity contribution in [1.29, 1.82) is 5.26 Å². The Balaban J connectivity index is 2.28. The molecule has 1 amide bonds. The molecule has 0 aliphatic carbocycles. The van der Waals surface area contributed by atoms with E-state index >= 15 is 0 Å². The Morgan fingerprint density at radius 1 is 1.18 bits per heavy atom. The van der Waals surface area contributed by atoms with E-state index in [1.807, 2.05) is 6.07 Å². The van der Waals surface area contributed by atoms with E-state index in [2.05, 4.69) is 11.9 Å². The van der Waals surface area contributed by atoms with Crippen LogP contribution in [-0.4, -0.2) is 26.7 Å². The van der Waals surface area contributed by atoms with Gasteiger partial charge in [0.2, 0.25) is 0 Å². The molecule has 0 radical (unpaired) electrons. The maximum absolute atomic E-state index is 12.5. The Bertz CT molecular complexity index is 948. The van der Waals surface area contributed by atoms with E-state index in [4.69, 9.17) is 25.8 Å². The van der Waals surface area contributed by atoms with Gasteiger partial charge in [-0.15, -0.1) is 0 Å². The fraction of sp³-hybridized carbons (Fsp3) is 0.143. The van der Waals surface area contributed by atoms with Gasteiger partial charge in [0.05, 0.1) is 19.9 Å². The van der Waals surface area contributed by atoms with Gasteiger partial charge in [0.25, 0.3) is 5.91 Å². The fourth-order valence-electron chi connectivity index (χ4n) is 2.32. The number of rotatable bonds is 8. The molecule has 0 saturated heterocycles. The Hall–Kier alpha value is -3.43. The van der Waals surface area contributed by atoms with Gasteiger partial charge < -0.3 is 19.5 Å². The molecule has 0 atom stereocenters. The summed E-state index contributed by atoms with van der Waals surface area (Å²) < 4.78 is 16.0. The third kappa shape index (κ3) is 5.29. The predicted molar refractivity (Wildman–Crippen MR) is 109 cm³/mol. The molecule has 0 unspecified atom stereocenters. The molecule has 0 fully saturated rings. The number of ether oxygens (including phenoxy) is 3. The summed E-state index contributed by atoms with van der Waals surface area (Å²) in [5.74, 6) is 0.852. The SMILES string of the molecule is C=CCOc1ccc(/C=C(\C#N)C(=O)Nc2cc(Cl)ccc2OC)cc1OC. The molecule has 6 nitrogen and oxygen atoms in total. The van der Waals surface area contributed by atoms with Crippen LogP contribution >= 0.6 is 11.6 Å². The first-order valence-corrected chi connectivity index (χ1v) is 8.58. The lowest BCUT2D eigenvalue weighted by molar-refractivity contribution is -0.112. The highest BCUT2D eigenvalue weighted by molar-refractivity contribution is 6.31. The number of carbonyl (C=O) groups excluding carboxylic acids is 1. The van der Waals surface area contributed by atoms with Crippen molar-refractivity contribution in [2.24, 2.45) is 0 Å². The predicted octanol–water partition coefficient (Wildman–Crippen LogP) is 4.47. The maximum atomic E-state index is 12.5. The average molecular weight is 399 g/mol. The summed E-state index contributed by atoms with van der Waals surface area (Å²) in [6.45, 7) is 3.93. The number of carbonyl (C=O) groups is 1. The van der Waals surface area contributed by atoms with Crippen molar-refractivity contribution in [2.45, 2.75) is 0 Å². The summed E-state index contributed by atoms with van der Waals surface area (Å²) in [5, 5.41) is 12.5. The molecule has 0 saturated carbocycles. The normalized spacial score (nSPS) is 10.6. The summed E-state index contributed by atoms with van der Waals surface area (Å²) in [7, 11) is 2.98. The van der Waals surface area contributed by atoms with E-state index in [9.17, 15) is 10.1 Å². The van der Waals surface area contributed by atoms with Crippen LogP contribution in [0, 0.1) is 11.3 Å². The number of hydrogen-bond donors (Lipinski definition) is 1. The van der Waals surface area contributed by atoms with E-state index < -0.39 is 5.91 Å². The molecule has 7 heteroatoms. The number of halogens is 1. The lowest BCUT2D eigenvalue weighted by Crippen LogP contribution is -2.14. The van der Waals surface area contributed by atoms with Crippen LogP contribution < -0.4 is 19.5 Å². The zero-order valence-corrected chi connectivity index (χ0v) is 16.2. The molecule has 2 rings (SSSR count). The molecule has 0 aliphatic rings. The first-order chi connectivity index (χ1) is 13.5. The molecule has 1 N–H and O–H groups in total. The van der Waals surface area contributed by atoms with Gasteiger partial charge in [0.15, 0.2) is 11.5 Å². The van der Waals surface area contributed by atoms with Crippen molar-refractivity contribution in [1.82, 2.24) is 0 Å². The van der Waals surface area contributed by atoms with E-state index in [-0.39, 0.29) is 5.57 Å². The second-order valence-electron chi connectivity index (χ2n) is 5.48. The Labute approximate surface area is 168 Å². The summed E-state index contributed by atoms with van der Waals surface area (Å²) in [4.78, 5) is 12.5. The Kier molecular flexibility index (Phi) is 7.49. The summed E-state index contributed by atoms with van der Waals surface area (Å²) >= 11 is 5.97. The van der Waals surface area contributed by atoms with Crippen LogP contribution in [0.25, 0.3) is 6.08 Å². The smallest absolute Gasteiger partial charge is 0.266 e. The molecule has 144 valence electrons. The molecular weight excluding hydrogens is 380 g/mol. The highest BCUT2D eigenvalue weighted by atomic mass is 35.5. The number of hydrogen-bond acceptors (Lipinski definition) is 5. The second-order valence-corrected chi connectivity index (χ2v) is 5.91. The topological polar surface area (TPSA) is 80.6 Å². The first-order valence-electron chi connectivity index (χ1n) is 8.20. The minimum Gasteiger partial charge on any atom is -0.495 e. The second kappa shape index (κ2) is 10.0. The van der Waals surface area contributed by atoms with Crippen molar-refractivity contribution < 1.29 is 19.0 Å². The van der Waals surface area contributed by atoms with Gasteiger partial charge in [0, 0.05) is 5.02 Å².